The van der Waals surface area contributed by atoms with Crippen molar-refractivity contribution in [1.82, 2.24) is 0 Å². The third-order valence-corrected chi connectivity index (χ3v) is 3.43. The highest BCUT2D eigenvalue weighted by atomic mass is 127. The molecule has 84 valence electrons. The fourth-order valence-electron chi connectivity index (χ4n) is 0.917. The molecule has 16 heavy (non-hydrogen) atoms. The SMILES string of the molecule is Oc1c(I)cccc1I.Oc1ccccc1. The van der Waals surface area contributed by atoms with Gasteiger partial charge in [0, 0.05) is 0 Å². The molecule has 2 nitrogen and oxygen atoms in total. The maximum absolute atomic E-state index is 9.19. The van der Waals surface area contributed by atoms with Crippen LogP contribution in [0.4, 0.5) is 0 Å². The van der Waals surface area contributed by atoms with E-state index in [4.69, 9.17) is 5.11 Å². The maximum atomic E-state index is 9.19. The first kappa shape index (κ1) is 13.6. The zero-order valence-corrected chi connectivity index (χ0v) is 12.6. The summed E-state index contributed by atoms with van der Waals surface area (Å²) >= 11 is 4.19. The first-order chi connectivity index (χ1) is 7.61. The molecular weight excluding hydrogens is 430 g/mol. The molecule has 2 aromatic rings. The number of phenolic OH excluding ortho intramolecular Hbond substituents is 2. The number of aromatic hydroxyl groups is 2. The number of para-hydroxylation sites is 2. The molecule has 2 N–H and O–H groups in total. The van der Waals surface area contributed by atoms with Gasteiger partial charge in [0.15, 0.2) is 0 Å². The van der Waals surface area contributed by atoms with Crippen LogP contribution >= 0.6 is 45.2 Å². The van der Waals surface area contributed by atoms with Crippen LogP contribution in [0.1, 0.15) is 0 Å². The van der Waals surface area contributed by atoms with Gasteiger partial charge in [0.25, 0.3) is 0 Å². The molecule has 0 radical (unpaired) electrons. The average molecular weight is 440 g/mol. The molecule has 0 amide bonds. The van der Waals surface area contributed by atoms with E-state index in [2.05, 4.69) is 45.2 Å². The molecule has 0 aliphatic carbocycles. The molecule has 0 atom stereocenters. The summed E-state index contributed by atoms with van der Waals surface area (Å²) in [5.41, 5.74) is 0. The summed E-state index contributed by atoms with van der Waals surface area (Å²) in [6.45, 7) is 0. The van der Waals surface area contributed by atoms with E-state index in [1.807, 2.05) is 24.3 Å². The third kappa shape index (κ3) is 4.56. The van der Waals surface area contributed by atoms with Crippen molar-refractivity contribution in [2.24, 2.45) is 0 Å². The topological polar surface area (TPSA) is 40.5 Å². The van der Waals surface area contributed by atoms with Gasteiger partial charge in [-0.25, -0.2) is 0 Å². The first-order valence-corrected chi connectivity index (χ1v) is 6.64. The summed E-state index contributed by atoms with van der Waals surface area (Å²) in [6, 6.07) is 14.4. The summed E-state index contributed by atoms with van der Waals surface area (Å²) in [4.78, 5) is 0. The van der Waals surface area contributed by atoms with Crippen LogP contribution in [0, 0.1) is 7.14 Å². The lowest BCUT2D eigenvalue weighted by atomic mass is 10.3. The van der Waals surface area contributed by atoms with E-state index in [1.54, 1.807) is 24.3 Å². The van der Waals surface area contributed by atoms with Gasteiger partial charge >= 0.3 is 0 Å². The zero-order chi connectivity index (χ0) is 12.0. The molecule has 0 spiro atoms. The van der Waals surface area contributed by atoms with Crippen LogP contribution in [0.25, 0.3) is 0 Å². The Bertz CT molecular complexity index is 424. The predicted octanol–water partition coefficient (Wildman–Crippen LogP) is 3.99. The number of hydrogen-bond donors (Lipinski definition) is 2. The Labute approximate surface area is 122 Å². The van der Waals surface area contributed by atoms with Crippen molar-refractivity contribution in [3.8, 4) is 11.5 Å². The Kier molecular flexibility index (Phi) is 5.89. The van der Waals surface area contributed by atoms with Gasteiger partial charge in [-0.3, -0.25) is 0 Å². The predicted molar refractivity (Wildman–Crippen MR) is 81.6 cm³/mol. The summed E-state index contributed by atoms with van der Waals surface area (Å²) < 4.78 is 1.80. The van der Waals surface area contributed by atoms with Crippen LogP contribution in [0.5, 0.6) is 11.5 Å². The highest BCUT2D eigenvalue weighted by Gasteiger charge is 1.98. The molecule has 0 bridgehead atoms. The van der Waals surface area contributed by atoms with Gasteiger partial charge in [-0.15, -0.1) is 0 Å². The van der Waals surface area contributed by atoms with E-state index in [0.29, 0.717) is 11.5 Å². The lowest BCUT2D eigenvalue weighted by Crippen LogP contribution is -1.75. The highest BCUT2D eigenvalue weighted by molar-refractivity contribution is 14.1. The minimum atomic E-state index is 0.322. The number of hydrogen-bond acceptors (Lipinski definition) is 2. The van der Waals surface area contributed by atoms with Gasteiger partial charge in [0.2, 0.25) is 0 Å². The van der Waals surface area contributed by atoms with Gasteiger partial charge in [-0.05, 0) is 69.4 Å². The lowest BCUT2D eigenvalue weighted by molar-refractivity contribution is 0.467. The summed E-state index contributed by atoms with van der Waals surface area (Å²) in [6.07, 6.45) is 0. The zero-order valence-electron chi connectivity index (χ0n) is 8.27. The lowest BCUT2D eigenvalue weighted by Gasteiger charge is -1.96. The minimum absolute atomic E-state index is 0.322. The van der Waals surface area contributed by atoms with E-state index in [0.717, 1.165) is 7.14 Å². The van der Waals surface area contributed by atoms with E-state index < -0.39 is 0 Å². The van der Waals surface area contributed by atoms with Crippen molar-refractivity contribution in [2.75, 3.05) is 0 Å². The number of halogens is 2. The molecule has 4 heteroatoms. The van der Waals surface area contributed by atoms with E-state index in [-0.39, 0.29) is 0 Å². The molecule has 2 rings (SSSR count). The number of phenols is 2. The molecule has 0 aromatic heterocycles. The van der Waals surface area contributed by atoms with Gasteiger partial charge in [0.1, 0.15) is 11.5 Å². The molecule has 0 aliphatic rings. The van der Waals surface area contributed by atoms with Crippen LogP contribution in [-0.4, -0.2) is 10.2 Å². The highest BCUT2D eigenvalue weighted by Crippen LogP contribution is 2.24. The summed E-state index contributed by atoms with van der Waals surface area (Å²) in [5.74, 6) is 0.709. The first-order valence-electron chi connectivity index (χ1n) is 4.48. The molecule has 0 fully saturated rings. The molecule has 0 saturated carbocycles. The van der Waals surface area contributed by atoms with Crippen LogP contribution in [-0.2, 0) is 0 Å². The Balaban J connectivity index is 0.000000165. The monoisotopic (exact) mass is 440 g/mol. The Morgan fingerprint density at radius 1 is 0.688 bits per heavy atom. The van der Waals surface area contributed by atoms with Crippen molar-refractivity contribution in [1.29, 1.82) is 0 Å². The number of benzene rings is 2. The minimum Gasteiger partial charge on any atom is -0.508 e. The van der Waals surface area contributed by atoms with Gasteiger partial charge in [-0.2, -0.15) is 0 Å². The normalized spacial score (nSPS) is 9.12. The van der Waals surface area contributed by atoms with Crippen LogP contribution in [0.2, 0.25) is 0 Å². The van der Waals surface area contributed by atoms with E-state index in [1.165, 1.54) is 0 Å². The standard InChI is InChI=1S/C6H4I2O.C6H6O/c7-4-2-1-3-5(8)6(4)9;7-6-4-2-1-3-5-6/h1-3,9H;1-5,7H. The second kappa shape index (κ2) is 6.95. The van der Waals surface area contributed by atoms with Gasteiger partial charge in [-0.1, -0.05) is 24.3 Å². The second-order valence-corrected chi connectivity index (χ2v) is 5.23. The van der Waals surface area contributed by atoms with E-state index in [9.17, 15) is 5.11 Å². The molecule has 0 aliphatic heterocycles. The smallest absolute Gasteiger partial charge is 0.142 e. The van der Waals surface area contributed by atoms with Crippen molar-refractivity contribution in [2.45, 2.75) is 0 Å². The number of rotatable bonds is 0. The van der Waals surface area contributed by atoms with Crippen molar-refractivity contribution < 1.29 is 10.2 Å². The van der Waals surface area contributed by atoms with E-state index >= 15 is 0 Å². The molecule has 0 unspecified atom stereocenters. The van der Waals surface area contributed by atoms with Crippen molar-refractivity contribution in [3.63, 3.8) is 0 Å². The molecular formula is C12H10I2O2. The average Bonchev–Trinajstić information content (AvgIpc) is 2.28. The Hall–Kier alpha value is -0.500. The fraction of sp³-hybridized carbons (Fsp3) is 0. The van der Waals surface area contributed by atoms with Crippen LogP contribution < -0.4 is 0 Å². The maximum Gasteiger partial charge on any atom is 0.142 e. The fourth-order valence-corrected chi connectivity index (χ4v) is 2.43. The van der Waals surface area contributed by atoms with Gasteiger partial charge in [0.05, 0.1) is 7.14 Å². The second-order valence-electron chi connectivity index (χ2n) is 2.91. The quantitative estimate of drug-likeness (QED) is 0.609. The Morgan fingerprint density at radius 2 is 1.19 bits per heavy atom. The Morgan fingerprint density at radius 3 is 1.50 bits per heavy atom. The largest absolute Gasteiger partial charge is 0.508 e. The van der Waals surface area contributed by atoms with Crippen molar-refractivity contribution >= 4 is 45.2 Å². The molecule has 0 heterocycles. The summed E-state index contributed by atoms with van der Waals surface area (Å²) in [5, 5.41) is 17.8. The third-order valence-electron chi connectivity index (χ3n) is 1.69. The van der Waals surface area contributed by atoms with Crippen molar-refractivity contribution in [3.05, 3.63) is 55.7 Å². The van der Waals surface area contributed by atoms with Crippen LogP contribution in [0.15, 0.2) is 48.5 Å². The van der Waals surface area contributed by atoms with Gasteiger partial charge < -0.3 is 10.2 Å². The summed E-state index contributed by atoms with van der Waals surface area (Å²) in [7, 11) is 0. The molecule has 2 aromatic carbocycles. The van der Waals surface area contributed by atoms with Crippen LogP contribution in [0.3, 0.4) is 0 Å². The molecule has 0 saturated heterocycles.